The largest absolute Gasteiger partial charge is 0.398 e. The molecule has 1 aromatic rings. The lowest BCUT2D eigenvalue weighted by atomic mass is 10.2. The van der Waals surface area contributed by atoms with Crippen LogP contribution in [0.2, 0.25) is 0 Å². The molecule has 0 heterocycles. The molecule has 1 aliphatic carbocycles. The highest BCUT2D eigenvalue weighted by atomic mass is 32.2. The lowest BCUT2D eigenvalue weighted by Gasteiger charge is -2.20. The molecule has 4 nitrogen and oxygen atoms in total. The van der Waals surface area contributed by atoms with Crippen molar-refractivity contribution in [2.45, 2.75) is 24.6 Å². The average molecular weight is 266 g/mol. The fraction of sp³-hybridized carbons (Fsp3) is 0.385. The van der Waals surface area contributed by atoms with Gasteiger partial charge in [-0.25, -0.2) is 8.42 Å². The molecule has 1 saturated carbocycles. The Morgan fingerprint density at radius 1 is 1.39 bits per heavy atom. The molecule has 1 aromatic carbocycles. The summed E-state index contributed by atoms with van der Waals surface area (Å²) in [6, 6.07) is 7.23. The smallest absolute Gasteiger partial charge is 0.218 e. The number of para-hydroxylation sites is 1. The summed E-state index contributed by atoms with van der Waals surface area (Å²) >= 11 is 0. The van der Waals surface area contributed by atoms with E-state index in [0.29, 0.717) is 17.8 Å². The predicted molar refractivity (Wildman–Crippen MR) is 73.4 cm³/mol. The van der Waals surface area contributed by atoms with Gasteiger partial charge in [0, 0.05) is 18.3 Å². The van der Waals surface area contributed by atoms with Crippen LogP contribution in [0, 0.1) is 0 Å². The quantitative estimate of drug-likeness (QED) is 0.630. The van der Waals surface area contributed by atoms with E-state index in [4.69, 9.17) is 5.73 Å². The molecule has 0 aliphatic heterocycles. The van der Waals surface area contributed by atoms with Gasteiger partial charge in [0.2, 0.25) is 10.0 Å². The zero-order valence-electron chi connectivity index (χ0n) is 10.2. The third kappa shape index (κ3) is 2.91. The Kier molecular flexibility index (Phi) is 3.73. The van der Waals surface area contributed by atoms with Gasteiger partial charge in [-0.3, -0.25) is 0 Å². The Morgan fingerprint density at radius 3 is 2.61 bits per heavy atom. The molecule has 2 rings (SSSR count). The van der Waals surface area contributed by atoms with Crippen LogP contribution in [0.15, 0.2) is 36.9 Å². The minimum atomic E-state index is -3.31. The van der Waals surface area contributed by atoms with Gasteiger partial charge in [-0.2, -0.15) is 4.31 Å². The van der Waals surface area contributed by atoms with E-state index in [0.717, 1.165) is 12.8 Å². The van der Waals surface area contributed by atoms with Crippen molar-refractivity contribution >= 4 is 15.7 Å². The molecule has 5 heteroatoms. The second kappa shape index (κ2) is 5.12. The number of benzene rings is 1. The van der Waals surface area contributed by atoms with Crippen molar-refractivity contribution in [1.82, 2.24) is 4.31 Å². The Bertz CT molecular complexity index is 536. The monoisotopic (exact) mass is 266 g/mol. The summed E-state index contributed by atoms with van der Waals surface area (Å²) in [5.74, 6) is -0.0377. The highest BCUT2D eigenvalue weighted by Gasteiger charge is 2.36. The molecule has 0 unspecified atom stereocenters. The number of anilines is 1. The standard InChI is InChI=1S/C13H18N2O2S/c1-2-9-15(12-7-8-12)18(16,17)10-11-5-3-4-6-13(11)14/h2-6,12H,1,7-10,14H2. The van der Waals surface area contributed by atoms with Gasteiger partial charge < -0.3 is 5.73 Å². The molecular formula is C13H18N2O2S. The summed E-state index contributed by atoms with van der Waals surface area (Å²) in [6.07, 6.45) is 3.51. The summed E-state index contributed by atoms with van der Waals surface area (Å²) in [5, 5.41) is 0. The molecule has 0 amide bonds. The van der Waals surface area contributed by atoms with E-state index in [2.05, 4.69) is 6.58 Å². The van der Waals surface area contributed by atoms with Crippen molar-refractivity contribution in [2.24, 2.45) is 0 Å². The van der Waals surface area contributed by atoms with Crippen LogP contribution in [-0.4, -0.2) is 25.3 Å². The van der Waals surface area contributed by atoms with Crippen LogP contribution in [0.4, 0.5) is 5.69 Å². The number of rotatable bonds is 6. The number of nitrogen functional groups attached to an aromatic ring is 1. The van der Waals surface area contributed by atoms with Gasteiger partial charge in [-0.1, -0.05) is 24.3 Å². The van der Waals surface area contributed by atoms with E-state index >= 15 is 0 Å². The van der Waals surface area contributed by atoms with Gasteiger partial charge >= 0.3 is 0 Å². The number of hydrogen-bond donors (Lipinski definition) is 1. The molecule has 2 N–H and O–H groups in total. The molecule has 0 spiro atoms. The molecule has 0 saturated heterocycles. The van der Waals surface area contributed by atoms with Crippen molar-refractivity contribution < 1.29 is 8.42 Å². The maximum absolute atomic E-state index is 12.3. The lowest BCUT2D eigenvalue weighted by Crippen LogP contribution is -2.34. The fourth-order valence-electron chi connectivity index (χ4n) is 1.92. The van der Waals surface area contributed by atoms with E-state index < -0.39 is 10.0 Å². The molecule has 18 heavy (non-hydrogen) atoms. The van der Waals surface area contributed by atoms with Crippen LogP contribution < -0.4 is 5.73 Å². The van der Waals surface area contributed by atoms with E-state index in [9.17, 15) is 8.42 Å². The van der Waals surface area contributed by atoms with E-state index in [1.54, 1.807) is 30.3 Å². The molecule has 0 atom stereocenters. The zero-order chi connectivity index (χ0) is 13.2. The number of nitrogens with two attached hydrogens (primary N) is 1. The average Bonchev–Trinajstić information content (AvgIpc) is 3.12. The summed E-state index contributed by atoms with van der Waals surface area (Å²) in [7, 11) is -3.31. The van der Waals surface area contributed by atoms with Crippen molar-refractivity contribution in [2.75, 3.05) is 12.3 Å². The second-order valence-electron chi connectivity index (χ2n) is 4.54. The maximum Gasteiger partial charge on any atom is 0.218 e. The zero-order valence-corrected chi connectivity index (χ0v) is 11.1. The van der Waals surface area contributed by atoms with Crippen LogP contribution in [0.5, 0.6) is 0 Å². The summed E-state index contributed by atoms with van der Waals surface area (Å²) in [5.41, 5.74) is 6.97. The minimum absolute atomic E-state index is 0.0377. The Morgan fingerprint density at radius 2 is 2.06 bits per heavy atom. The van der Waals surface area contributed by atoms with Gasteiger partial charge in [0.05, 0.1) is 5.75 Å². The SMILES string of the molecule is C=CCN(C1CC1)S(=O)(=O)Cc1ccccc1N. The van der Waals surface area contributed by atoms with Crippen LogP contribution in [0.3, 0.4) is 0 Å². The van der Waals surface area contributed by atoms with Crippen LogP contribution in [0.1, 0.15) is 18.4 Å². The van der Waals surface area contributed by atoms with E-state index in [1.165, 1.54) is 4.31 Å². The Balaban J connectivity index is 2.20. The van der Waals surface area contributed by atoms with Gasteiger partial charge in [0.1, 0.15) is 0 Å². The van der Waals surface area contributed by atoms with Crippen molar-refractivity contribution in [3.05, 3.63) is 42.5 Å². The van der Waals surface area contributed by atoms with E-state index in [-0.39, 0.29) is 11.8 Å². The summed E-state index contributed by atoms with van der Waals surface area (Å²) < 4.78 is 26.2. The molecule has 0 radical (unpaired) electrons. The summed E-state index contributed by atoms with van der Waals surface area (Å²) in [6.45, 7) is 3.99. The highest BCUT2D eigenvalue weighted by Crippen LogP contribution is 2.30. The number of nitrogens with zero attached hydrogens (tertiary/aromatic N) is 1. The molecule has 1 fully saturated rings. The van der Waals surface area contributed by atoms with Crippen LogP contribution in [-0.2, 0) is 15.8 Å². The second-order valence-corrected chi connectivity index (χ2v) is 6.47. The first-order valence-electron chi connectivity index (χ1n) is 5.98. The topological polar surface area (TPSA) is 63.4 Å². The first-order valence-corrected chi connectivity index (χ1v) is 7.59. The van der Waals surface area contributed by atoms with Crippen molar-refractivity contribution in [3.63, 3.8) is 0 Å². The third-order valence-electron chi connectivity index (χ3n) is 3.01. The number of hydrogen-bond acceptors (Lipinski definition) is 3. The van der Waals surface area contributed by atoms with E-state index in [1.807, 2.05) is 0 Å². The van der Waals surface area contributed by atoms with Gasteiger partial charge in [-0.15, -0.1) is 6.58 Å². The van der Waals surface area contributed by atoms with Crippen molar-refractivity contribution in [3.8, 4) is 0 Å². The molecule has 1 aliphatic rings. The first-order chi connectivity index (χ1) is 8.54. The first kappa shape index (κ1) is 13.1. The molecule has 0 aromatic heterocycles. The van der Waals surface area contributed by atoms with Gasteiger partial charge in [-0.05, 0) is 24.5 Å². The minimum Gasteiger partial charge on any atom is -0.398 e. The lowest BCUT2D eigenvalue weighted by molar-refractivity contribution is 0.435. The summed E-state index contributed by atoms with van der Waals surface area (Å²) in [4.78, 5) is 0. The Hall–Kier alpha value is -1.33. The predicted octanol–water partition coefficient (Wildman–Crippen LogP) is 1.75. The third-order valence-corrected chi connectivity index (χ3v) is 4.85. The Labute approximate surface area is 108 Å². The van der Waals surface area contributed by atoms with Crippen molar-refractivity contribution in [1.29, 1.82) is 0 Å². The normalized spacial score (nSPS) is 15.8. The van der Waals surface area contributed by atoms with Crippen LogP contribution in [0.25, 0.3) is 0 Å². The van der Waals surface area contributed by atoms with Crippen LogP contribution >= 0.6 is 0 Å². The number of sulfonamides is 1. The molecule has 0 bridgehead atoms. The fourth-order valence-corrected chi connectivity index (χ4v) is 3.74. The molecule has 98 valence electrons. The van der Waals surface area contributed by atoms with Gasteiger partial charge in [0.15, 0.2) is 0 Å². The highest BCUT2D eigenvalue weighted by molar-refractivity contribution is 7.88. The maximum atomic E-state index is 12.3. The molecular weight excluding hydrogens is 248 g/mol. The van der Waals surface area contributed by atoms with Gasteiger partial charge in [0.25, 0.3) is 0 Å².